The third kappa shape index (κ3) is 3.57. The predicted molar refractivity (Wildman–Crippen MR) is 104 cm³/mol. The van der Waals surface area contributed by atoms with Gasteiger partial charge in [-0.3, -0.25) is 4.79 Å². The number of likely N-dealkylation sites (tertiary alicyclic amines) is 1. The van der Waals surface area contributed by atoms with Crippen molar-refractivity contribution in [2.45, 2.75) is 25.8 Å². The topological polar surface area (TPSA) is 59.2 Å². The summed E-state index contributed by atoms with van der Waals surface area (Å²) in [6, 6.07) is 12.5. The summed E-state index contributed by atoms with van der Waals surface area (Å²) in [5, 5.41) is 4.93. The van der Waals surface area contributed by atoms with Crippen LogP contribution in [0.25, 0.3) is 11.4 Å². The maximum atomic E-state index is 13.0. The van der Waals surface area contributed by atoms with E-state index in [0.29, 0.717) is 33.9 Å². The van der Waals surface area contributed by atoms with Crippen molar-refractivity contribution in [1.82, 2.24) is 15.0 Å². The number of carbonyl (C=O) groups is 1. The zero-order chi connectivity index (χ0) is 19.0. The fourth-order valence-corrected chi connectivity index (χ4v) is 3.85. The lowest BCUT2D eigenvalue weighted by atomic mass is 10.1. The van der Waals surface area contributed by atoms with Crippen molar-refractivity contribution >= 4 is 29.1 Å². The summed E-state index contributed by atoms with van der Waals surface area (Å²) in [6.45, 7) is 2.63. The van der Waals surface area contributed by atoms with E-state index in [1.54, 1.807) is 23.1 Å². The second-order valence-corrected chi connectivity index (χ2v) is 7.45. The molecule has 2 heterocycles. The van der Waals surface area contributed by atoms with Crippen molar-refractivity contribution in [2.24, 2.45) is 0 Å². The molecule has 0 bridgehead atoms. The molecule has 1 atom stereocenters. The maximum absolute atomic E-state index is 13.0. The molecule has 0 N–H and O–H groups in total. The summed E-state index contributed by atoms with van der Waals surface area (Å²) in [6.07, 6.45) is 1.64. The number of nitrogens with zero attached hydrogens (tertiary/aromatic N) is 3. The van der Waals surface area contributed by atoms with Gasteiger partial charge in [-0.15, -0.1) is 0 Å². The first kappa shape index (κ1) is 18.0. The molecular weight excluding hydrogens is 385 g/mol. The summed E-state index contributed by atoms with van der Waals surface area (Å²) in [5.74, 6) is 0.814. The van der Waals surface area contributed by atoms with E-state index < -0.39 is 0 Å². The largest absolute Gasteiger partial charge is 0.337 e. The molecule has 1 unspecified atom stereocenters. The van der Waals surface area contributed by atoms with Crippen LogP contribution in [0.3, 0.4) is 0 Å². The number of benzene rings is 2. The molecule has 3 aromatic rings. The van der Waals surface area contributed by atoms with Crippen LogP contribution in [0.1, 0.15) is 40.7 Å². The van der Waals surface area contributed by atoms with Crippen LogP contribution in [0, 0.1) is 6.92 Å². The van der Waals surface area contributed by atoms with Gasteiger partial charge in [0.2, 0.25) is 11.7 Å². The average molecular weight is 402 g/mol. The lowest BCUT2D eigenvalue weighted by Crippen LogP contribution is -2.31. The number of halogens is 2. The Morgan fingerprint density at radius 2 is 2.07 bits per heavy atom. The first-order valence-electron chi connectivity index (χ1n) is 8.69. The van der Waals surface area contributed by atoms with Crippen LogP contribution in [0.4, 0.5) is 0 Å². The van der Waals surface area contributed by atoms with Crippen LogP contribution in [0.15, 0.2) is 47.0 Å². The van der Waals surface area contributed by atoms with Gasteiger partial charge in [0.25, 0.3) is 5.91 Å². The van der Waals surface area contributed by atoms with Gasteiger partial charge < -0.3 is 9.42 Å². The van der Waals surface area contributed by atoms with Crippen molar-refractivity contribution in [3.8, 4) is 11.4 Å². The highest BCUT2D eigenvalue weighted by Crippen LogP contribution is 2.34. The minimum Gasteiger partial charge on any atom is -0.337 e. The number of carbonyl (C=O) groups excluding carboxylic acids is 1. The van der Waals surface area contributed by atoms with E-state index in [4.69, 9.17) is 27.7 Å². The standard InChI is InChI=1S/C20H17Cl2N3O2/c1-12-4-2-5-13(10-12)18-23-19(27-24-18)17-6-3-9-25(17)20(26)15-8-7-14(21)11-16(15)22/h2,4-5,7-8,10-11,17H,3,6,9H2,1H3. The van der Waals surface area contributed by atoms with Crippen molar-refractivity contribution in [3.63, 3.8) is 0 Å². The van der Waals surface area contributed by atoms with Crippen molar-refractivity contribution < 1.29 is 9.32 Å². The summed E-state index contributed by atoms with van der Waals surface area (Å²) >= 11 is 12.1. The fraction of sp³-hybridized carbons (Fsp3) is 0.250. The molecule has 1 amide bonds. The molecule has 27 heavy (non-hydrogen) atoms. The van der Waals surface area contributed by atoms with E-state index >= 15 is 0 Å². The zero-order valence-corrected chi connectivity index (χ0v) is 16.2. The lowest BCUT2D eigenvalue weighted by molar-refractivity contribution is 0.0710. The number of aromatic nitrogens is 2. The van der Waals surface area contributed by atoms with Gasteiger partial charge in [0.1, 0.15) is 6.04 Å². The van der Waals surface area contributed by atoms with Crippen LogP contribution >= 0.6 is 23.2 Å². The van der Waals surface area contributed by atoms with Gasteiger partial charge in [-0.2, -0.15) is 4.98 Å². The van der Waals surface area contributed by atoms with Crippen LogP contribution in [-0.4, -0.2) is 27.5 Å². The third-order valence-corrected chi connectivity index (χ3v) is 5.23. The summed E-state index contributed by atoms with van der Waals surface area (Å²) in [4.78, 5) is 19.3. The second-order valence-electron chi connectivity index (χ2n) is 6.61. The first-order chi connectivity index (χ1) is 13.0. The molecule has 0 saturated carbocycles. The molecule has 7 heteroatoms. The van der Waals surface area contributed by atoms with Crippen molar-refractivity contribution in [1.29, 1.82) is 0 Å². The molecule has 0 radical (unpaired) electrons. The molecule has 0 spiro atoms. The highest BCUT2D eigenvalue weighted by Gasteiger charge is 2.35. The molecular formula is C20H17Cl2N3O2. The Labute approximate surface area is 166 Å². The molecule has 138 valence electrons. The van der Waals surface area contributed by atoms with Crippen LogP contribution in [0.5, 0.6) is 0 Å². The molecule has 1 aromatic heterocycles. The highest BCUT2D eigenvalue weighted by molar-refractivity contribution is 6.36. The van der Waals surface area contributed by atoms with Crippen LogP contribution < -0.4 is 0 Å². The van der Waals surface area contributed by atoms with Gasteiger partial charge in [0.15, 0.2) is 0 Å². The van der Waals surface area contributed by atoms with Crippen molar-refractivity contribution in [3.05, 3.63) is 69.5 Å². The summed E-state index contributed by atoms with van der Waals surface area (Å²) in [7, 11) is 0. The van der Waals surface area contributed by atoms with E-state index in [9.17, 15) is 4.79 Å². The van der Waals surface area contributed by atoms with Gasteiger partial charge in [0.05, 0.1) is 10.6 Å². The molecule has 5 nitrogen and oxygen atoms in total. The maximum Gasteiger partial charge on any atom is 0.256 e. The van der Waals surface area contributed by atoms with Gasteiger partial charge in [-0.1, -0.05) is 52.1 Å². The average Bonchev–Trinajstić information content (AvgIpc) is 3.30. The summed E-state index contributed by atoms with van der Waals surface area (Å²) in [5.41, 5.74) is 2.43. The predicted octanol–water partition coefficient (Wildman–Crippen LogP) is 5.33. The molecule has 0 aliphatic carbocycles. The Morgan fingerprint density at radius 1 is 1.22 bits per heavy atom. The normalized spacial score (nSPS) is 16.7. The fourth-order valence-electron chi connectivity index (χ4n) is 3.36. The summed E-state index contributed by atoms with van der Waals surface area (Å²) < 4.78 is 5.50. The molecule has 2 aromatic carbocycles. The molecule has 1 aliphatic rings. The van der Waals surface area contributed by atoms with Gasteiger partial charge in [-0.05, 0) is 44.0 Å². The van der Waals surface area contributed by atoms with E-state index in [1.165, 1.54) is 0 Å². The molecule has 1 fully saturated rings. The van der Waals surface area contributed by atoms with Crippen LogP contribution in [0.2, 0.25) is 10.0 Å². The zero-order valence-electron chi connectivity index (χ0n) is 14.7. The molecule has 1 aliphatic heterocycles. The molecule has 4 rings (SSSR count). The van der Waals surface area contributed by atoms with Gasteiger partial charge in [-0.25, -0.2) is 0 Å². The van der Waals surface area contributed by atoms with Gasteiger partial charge in [0, 0.05) is 17.1 Å². The number of rotatable bonds is 3. The quantitative estimate of drug-likeness (QED) is 0.594. The number of hydrogen-bond donors (Lipinski definition) is 0. The Morgan fingerprint density at radius 3 is 2.85 bits per heavy atom. The van der Waals surface area contributed by atoms with Crippen LogP contribution in [-0.2, 0) is 0 Å². The smallest absolute Gasteiger partial charge is 0.256 e. The SMILES string of the molecule is Cc1cccc(-c2noc(C3CCCN3C(=O)c3ccc(Cl)cc3Cl)n2)c1. The lowest BCUT2D eigenvalue weighted by Gasteiger charge is -2.22. The molecule has 1 saturated heterocycles. The van der Waals surface area contributed by atoms with E-state index in [0.717, 1.165) is 24.0 Å². The Bertz CT molecular complexity index is 1000. The van der Waals surface area contributed by atoms with Crippen molar-refractivity contribution in [2.75, 3.05) is 6.54 Å². The Kier molecular flexibility index (Phi) is 4.89. The second kappa shape index (κ2) is 7.33. The Hall–Kier alpha value is -2.37. The Balaban J connectivity index is 1.61. The van der Waals surface area contributed by atoms with E-state index in [1.807, 2.05) is 31.2 Å². The highest BCUT2D eigenvalue weighted by atomic mass is 35.5. The minimum absolute atomic E-state index is 0.158. The van der Waals surface area contributed by atoms with E-state index in [2.05, 4.69) is 10.1 Å². The van der Waals surface area contributed by atoms with E-state index in [-0.39, 0.29) is 11.9 Å². The monoisotopic (exact) mass is 401 g/mol. The number of hydrogen-bond acceptors (Lipinski definition) is 4. The number of aryl methyl sites for hydroxylation is 1. The third-order valence-electron chi connectivity index (χ3n) is 4.68. The minimum atomic E-state index is -0.254. The number of amides is 1. The first-order valence-corrected chi connectivity index (χ1v) is 9.45. The van der Waals surface area contributed by atoms with Gasteiger partial charge >= 0.3 is 0 Å².